The molecule has 0 aromatic heterocycles. The van der Waals surface area contributed by atoms with Crippen molar-refractivity contribution < 1.29 is 18.3 Å². The minimum atomic E-state index is -3.59. The van der Waals surface area contributed by atoms with Gasteiger partial charge in [0.2, 0.25) is 10.0 Å². The number of rotatable bonds is 3. The lowest BCUT2D eigenvalue weighted by molar-refractivity contribution is -0.134. The Kier molecular flexibility index (Phi) is 2.49. The molecular weight excluding hydrogens is 182 g/mol. The van der Waals surface area contributed by atoms with Crippen LogP contribution in [0.4, 0.5) is 0 Å². The topological polar surface area (TPSA) is 74.7 Å². The number of carboxylic acid groups (broad SMARTS) is 1. The summed E-state index contributed by atoms with van der Waals surface area (Å²) in [5, 5.41) is 8.28. The molecule has 0 fully saturated rings. The molecule has 1 aliphatic heterocycles. The maximum Gasteiger partial charge on any atom is 0.320 e. The van der Waals surface area contributed by atoms with E-state index in [1.54, 1.807) is 12.2 Å². The maximum atomic E-state index is 11.1. The zero-order valence-electron chi connectivity index (χ0n) is 6.30. The van der Waals surface area contributed by atoms with Crippen LogP contribution < -0.4 is 0 Å². The van der Waals surface area contributed by atoms with Crippen molar-refractivity contribution in [3.05, 3.63) is 12.2 Å². The minimum Gasteiger partial charge on any atom is -0.480 e. The van der Waals surface area contributed by atoms with Crippen molar-refractivity contribution in [2.75, 3.05) is 18.8 Å². The van der Waals surface area contributed by atoms with Gasteiger partial charge in [-0.2, -0.15) is 4.31 Å². The summed E-state index contributed by atoms with van der Waals surface area (Å²) in [6, 6.07) is 0. The molecule has 1 heterocycles. The van der Waals surface area contributed by atoms with Crippen LogP contribution in [0, 0.1) is 0 Å². The van der Waals surface area contributed by atoms with Gasteiger partial charge in [-0.15, -0.1) is 0 Å². The molecule has 0 spiro atoms. The number of carboxylic acids is 1. The lowest BCUT2D eigenvalue weighted by Crippen LogP contribution is -2.33. The molecule has 12 heavy (non-hydrogen) atoms. The second-order valence-corrected chi connectivity index (χ2v) is 4.41. The summed E-state index contributed by atoms with van der Waals surface area (Å²) in [6.45, 7) is 0.575. The number of aliphatic carboxylic acids is 1. The van der Waals surface area contributed by atoms with E-state index in [1.165, 1.54) is 0 Å². The summed E-state index contributed by atoms with van der Waals surface area (Å²) in [5.41, 5.74) is 0. The van der Waals surface area contributed by atoms with Gasteiger partial charge in [0.1, 0.15) is 0 Å². The average molecular weight is 191 g/mol. The highest BCUT2D eigenvalue weighted by Gasteiger charge is 2.24. The SMILES string of the molecule is O=C(O)CS(=O)(=O)N1CC=CC1. The van der Waals surface area contributed by atoms with E-state index in [1.807, 2.05) is 0 Å². The molecule has 68 valence electrons. The Bertz CT molecular complexity index is 298. The van der Waals surface area contributed by atoms with Gasteiger partial charge < -0.3 is 5.11 Å². The van der Waals surface area contributed by atoms with Crippen LogP contribution >= 0.6 is 0 Å². The van der Waals surface area contributed by atoms with Crippen LogP contribution in [-0.2, 0) is 14.8 Å². The normalized spacial score (nSPS) is 18.3. The third-order valence-corrected chi connectivity index (χ3v) is 3.18. The number of carbonyl (C=O) groups is 1. The van der Waals surface area contributed by atoms with Gasteiger partial charge in [0.15, 0.2) is 5.75 Å². The van der Waals surface area contributed by atoms with E-state index in [-0.39, 0.29) is 13.1 Å². The fraction of sp³-hybridized carbons (Fsp3) is 0.500. The smallest absolute Gasteiger partial charge is 0.320 e. The quantitative estimate of drug-likeness (QED) is 0.597. The van der Waals surface area contributed by atoms with Crippen LogP contribution in [0.25, 0.3) is 0 Å². The number of sulfonamides is 1. The van der Waals surface area contributed by atoms with E-state index in [9.17, 15) is 13.2 Å². The summed E-state index contributed by atoms with van der Waals surface area (Å²) in [4.78, 5) is 10.1. The van der Waals surface area contributed by atoms with Crippen LogP contribution in [0.3, 0.4) is 0 Å². The minimum absolute atomic E-state index is 0.287. The lowest BCUT2D eigenvalue weighted by Gasteiger charge is -2.12. The second-order valence-electron chi connectivity index (χ2n) is 2.44. The van der Waals surface area contributed by atoms with Crippen molar-refractivity contribution in [2.45, 2.75) is 0 Å². The number of hydrogen-bond donors (Lipinski definition) is 1. The highest BCUT2D eigenvalue weighted by atomic mass is 32.2. The fourth-order valence-electron chi connectivity index (χ4n) is 0.933. The standard InChI is InChI=1S/C6H9NO4S/c8-6(9)5-12(10,11)7-3-1-2-4-7/h1-2H,3-5H2,(H,8,9). The molecule has 1 N–H and O–H groups in total. The molecule has 0 aromatic carbocycles. The van der Waals surface area contributed by atoms with Crippen molar-refractivity contribution >= 4 is 16.0 Å². The molecule has 0 saturated carbocycles. The summed E-state index contributed by atoms with van der Waals surface area (Å²) in [5.74, 6) is -2.14. The van der Waals surface area contributed by atoms with Crippen LogP contribution in [0.2, 0.25) is 0 Å². The molecule has 1 rings (SSSR count). The van der Waals surface area contributed by atoms with Gasteiger partial charge in [-0.25, -0.2) is 8.42 Å². The number of nitrogens with zero attached hydrogens (tertiary/aromatic N) is 1. The molecule has 0 amide bonds. The highest BCUT2D eigenvalue weighted by molar-refractivity contribution is 7.89. The van der Waals surface area contributed by atoms with E-state index < -0.39 is 21.7 Å². The van der Waals surface area contributed by atoms with Crippen LogP contribution in [0.5, 0.6) is 0 Å². The molecular formula is C6H9NO4S. The van der Waals surface area contributed by atoms with Gasteiger partial charge in [0, 0.05) is 13.1 Å². The van der Waals surface area contributed by atoms with Crippen molar-refractivity contribution in [3.63, 3.8) is 0 Å². The van der Waals surface area contributed by atoms with E-state index in [0.29, 0.717) is 0 Å². The first-order chi connectivity index (χ1) is 5.52. The van der Waals surface area contributed by atoms with Gasteiger partial charge in [0.25, 0.3) is 0 Å². The Morgan fingerprint density at radius 3 is 2.33 bits per heavy atom. The molecule has 0 bridgehead atoms. The molecule has 0 radical (unpaired) electrons. The van der Waals surface area contributed by atoms with Crippen molar-refractivity contribution in [1.29, 1.82) is 0 Å². The van der Waals surface area contributed by atoms with Gasteiger partial charge in [0.05, 0.1) is 0 Å². The Morgan fingerprint density at radius 2 is 1.92 bits per heavy atom. The summed E-state index contributed by atoms with van der Waals surface area (Å²) in [7, 11) is -3.59. The summed E-state index contributed by atoms with van der Waals surface area (Å²) < 4.78 is 23.4. The third kappa shape index (κ3) is 2.05. The monoisotopic (exact) mass is 191 g/mol. The Balaban J connectivity index is 2.66. The molecule has 0 saturated heterocycles. The largest absolute Gasteiger partial charge is 0.480 e. The number of hydrogen-bond acceptors (Lipinski definition) is 3. The first-order valence-electron chi connectivity index (χ1n) is 3.37. The molecule has 6 heteroatoms. The zero-order valence-corrected chi connectivity index (χ0v) is 7.12. The van der Waals surface area contributed by atoms with Crippen molar-refractivity contribution in [2.24, 2.45) is 0 Å². The van der Waals surface area contributed by atoms with Gasteiger partial charge >= 0.3 is 5.97 Å². The van der Waals surface area contributed by atoms with Crippen LogP contribution in [0.1, 0.15) is 0 Å². The van der Waals surface area contributed by atoms with Crippen molar-refractivity contribution in [3.8, 4) is 0 Å². The molecule has 0 unspecified atom stereocenters. The Hall–Kier alpha value is -0.880. The second kappa shape index (κ2) is 3.24. The molecule has 5 nitrogen and oxygen atoms in total. The average Bonchev–Trinajstić information content (AvgIpc) is 2.32. The lowest BCUT2D eigenvalue weighted by atomic mass is 10.6. The molecule has 1 aliphatic rings. The van der Waals surface area contributed by atoms with Crippen LogP contribution in [-0.4, -0.2) is 42.6 Å². The summed E-state index contributed by atoms with van der Waals surface area (Å²) in [6.07, 6.45) is 3.39. The van der Waals surface area contributed by atoms with Gasteiger partial charge in [-0.1, -0.05) is 12.2 Å². The fourth-order valence-corrected chi connectivity index (χ4v) is 2.05. The summed E-state index contributed by atoms with van der Waals surface area (Å²) >= 11 is 0. The molecule has 0 aliphatic carbocycles. The van der Waals surface area contributed by atoms with E-state index in [4.69, 9.17) is 5.11 Å². The van der Waals surface area contributed by atoms with Crippen molar-refractivity contribution in [1.82, 2.24) is 4.31 Å². The zero-order chi connectivity index (χ0) is 9.19. The predicted octanol–water partition coefficient (Wildman–Crippen LogP) is -0.727. The van der Waals surface area contributed by atoms with E-state index in [2.05, 4.69) is 0 Å². The predicted molar refractivity (Wildman–Crippen MR) is 42.1 cm³/mol. The molecule has 0 atom stereocenters. The van der Waals surface area contributed by atoms with E-state index in [0.717, 1.165) is 4.31 Å². The first-order valence-corrected chi connectivity index (χ1v) is 4.98. The molecule has 0 aromatic rings. The maximum absolute atomic E-state index is 11.1. The van der Waals surface area contributed by atoms with E-state index >= 15 is 0 Å². The van der Waals surface area contributed by atoms with Crippen LogP contribution in [0.15, 0.2) is 12.2 Å². The highest BCUT2D eigenvalue weighted by Crippen LogP contribution is 2.06. The van der Waals surface area contributed by atoms with Gasteiger partial charge in [-0.3, -0.25) is 4.79 Å². The Morgan fingerprint density at radius 1 is 1.42 bits per heavy atom. The Labute approximate surface area is 70.3 Å². The first kappa shape index (κ1) is 9.21. The third-order valence-electron chi connectivity index (χ3n) is 1.48. The van der Waals surface area contributed by atoms with Gasteiger partial charge in [-0.05, 0) is 0 Å².